The van der Waals surface area contributed by atoms with Crippen LogP contribution in [0.25, 0.3) is 0 Å². The van der Waals surface area contributed by atoms with Gasteiger partial charge in [0.05, 0.1) is 20.9 Å². The van der Waals surface area contributed by atoms with Crippen LogP contribution in [-0.4, -0.2) is 80.3 Å². The molecule has 0 saturated carbocycles. The molecule has 2 aliphatic rings. The van der Waals surface area contributed by atoms with Crippen LogP contribution < -0.4 is 25.0 Å². The minimum Gasteiger partial charge on any atom is -0.493 e. The molecule has 1 spiro atoms. The second-order valence-corrected chi connectivity index (χ2v) is 11.2. The highest BCUT2D eigenvalue weighted by Gasteiger charge is 2.54. The number of urea groups is 1. The zero-order chi connectivity index (χ0) is 31.1. The van der Waals surface area contributed by atoms with Crippen LogP contribution in [0.1, 0.15) is 30.9 Å². The molecule has 3 aromatic rings. The van der Waals surface area contributed by atoms with Gasteiger partial charge in [0.15, 0.2) is 11.5 Å². The molecule has 0 atom stereocenters. The molecule has 4 amide bonds. The standard InChI is InChI=1S/C34H41N5O5/c1-4-25-9-8-10-27(21-25)36-33(42)37-19-16-34(17-20-37)32(41)38(24-39(34)28-11-6-5-7-12-28)23-31(40)35-18-15-26-13-14-29(43-2)30(22-26)44-3/h5-14,21-22H,4,15-20,23-24H2,1-3H3,(H,35,40)(H,36,42). The third kappa shape index (κ3) is 6.59. The number of likely N-dealkylation sites (tertiary alicyclic amines) is 1. The molecule has 0 aliphatic carbocycles. The molecule has 232 valence electrons. The Labute approximate surface area is 258 Å². The summed E-state index contributed by atoms with van der Waals surface area (Å²) < 4.78 is 10.7. The minimum absolute atomic E-state index is 0.0339. The van der Waals surface area contributed by atoms with Crippen molar-refractivity contribution in [3.05, 3.63) is 83.9 Å². The first kappa shape index (κ1) is 30.7. The summed E-state index contributed by atoms with van der Waals surface area (Å²) >= 11 is 0. The van der Waals surface area contributed by atoms with Crippen molar-refractivity contribution in [3.8, 4) is 11.5 Å². The fourth-order valence-corrected chi connectivity index (χ4v) is 6.09. The predicted molar refractivity (Wildman–Crippen MR) is 170 cm³/mol. The average molecular weight is 600 g/mol. The van der Waals surface area contributed by atoms with E-state index in [4.69, 9.17) is 9.47 Å². The van der Waals surface area contributed by atoms with Gasteiger partial charge in [0.2, 0.25) is 5.91 Å². The molecule has 0 aromatic heterocycles. The SMILES string of the molecule is CCc1cccc(NC(=O)N2CCC3(CC2)C(=O)N(CC(=O)NCCc2ccc(OC)c(OC)c2)CN3c2ccccc2)c1. The molecule has 44 heavy (non-hydrogen) atoms. The lowest BCUT2D eigenvalue weighted by Gasteiger charge is -2.43. The van der Waals surface area contributed by atoms with Crippen molar-refractivity contribution < 1.29 is 23.9 Å². The summed E-state index contributed by atoms with van der Waals surface area (Å²) in [5.74, 6) is 1.000. The predicted octanol–water partition coefficient (Wildman–Crippen LogP) is 4.30. The number of hydrogen-bond acceptors (Lipinski definition) is 6. The lowest BCUT2D eigenvalue weighted by atomic mass is 9.85. The van der Waals surface area contributed by atoms with E-state index < -0.39 is 5.54 Å². The van der Waals surface area contributed by atoms with E-state index in [1.54, 1.807) is 24.0 Å². The molecule has 2 N–H and O–H groups in total. The molecule has 0 unspecified atom stereocenters. The van der Waals surface area contributed by atoms with Crippen LogP contribution in [0.3, 0.4) is 0 Å². The van der Waals surface area contributed by atoms with Crippen LogP contribution >= 0.6 is 0 Å². The van der Waals surface area contributed by atoms with Crippen LogP contribution in [0.2, 0.25) is 0 Å². The summed E-state index contributed by atoms with van der Waals surface area (Å²) in [6.07, 6.45) is 2.45. The smallest absolute Gasteiger partial charge is 0.321 e. The van der Waals surface area contributed by atoms with Crippen LogP contribution in [0, 0.1) is 0 Å². The maximum Gasteiger partial charge on any atom is 0.321 e. The number of aryl methyl sites for hydroxylation is 1. The second kappa shape index (κ2) is 13.7. The minimum atomic E-state index is -0.819. The van der Waals surface area contributed by atoms with Gasteiger partial charge in [0.25, 0.3) is 5.91 Å². The number of anilines is 2. The van der Waals surface area contributed by atoms with E-state index >= 15 is 0 Å². The van der Waals surface area contributed by atoms with Gasteiger partial charge in [-0.15, -0.1) is 0 Å². The van der Waals surface area contributed by atoms with Crippen molar-refractivity contribution in [2.24, 2.45) is 0 Å². The Balaban J connectivity index is 1.22. The molecule has 2 heterocycles. The van der Waals surface area contributed by atoms with Gasteiger partial charge in [-0.1, -0.05) is 43.3 Å². The van der Waals surface area contributed by atoms with E-state index in [9.17, 15) is 14.4 Å². The number of ether oxygens (including phenoxy) is 2. The van der Waals surface area contributed by atoms with Gasteiger partial charge in [-0.25, -0.2) is 4.79 Å². The Bertz CT molecular complexity index is 1470. The molecule has 10 nitrogen and oxygen atoms in total. The van der Waals surface area contributed by atoms with Crippen molar-refractivity contribution >= 4 is 29.2 Å². The molecular weight excluding hydrogens is 558 g/mol. The number of amides is 4. The number of para-hydroxylation sites is 1. The Morgan fingerprint density at radius 1 is 0.886 bits per heavy atom. The van der Waals surface area contributed by atoms with E-state index in [1.165, 1.54) is 0 Å². The summed E-state index contributed by atoms with van der Waals surface area (Å²) in [6, 6.07) is 23.2. The summed E-state index contributed by atoms with van der Waals surface area (Å²) in [5.41, 5.74) is 3.02. The zero-order valence-corrected chi connectivity index (χ0v) is 25.7. The van der Waals surface area contributed by atoms with Gasteiger partial charge in [-0.2, -0.15) is 0 Å². The van der Waals surface area contributed by atoms with E-state index in [-0.39, 0.29) is 24.4 Å². The Hall–Kier alpha value is -4.73. The third-order valence-corrected chi connectivity index (χ3v) is 8.56. The van der Waals surface area contributed by atoms with Crippen LogP contribution in [0.15, 0.2) is 72.8 Å². The maximum atomic E-state index is 14.0. The number of nitrogens with zero attached hydrogens (tertiary/aromatic N) is 3. The first-order chi connectivity index (χ1) is 21.4. The fraction of sp³-hybridized carbons (Fsp3) is 0.382. The van der Waals surface area contributed by atoms with Crippen molar-refractivity contribution in [2.45, 2.75) is 38.1 Å². The highest BCUT2D eigenvalue weighted by molar-refractivity contribution is 5.97. The fourth-order valence-electron chi connectivity index (χ4n) is 6.09. The summed E-state index contributed by atoms with van der Waals surface area (Å²) in [7, 11) is 3.18. The Morgan fingerprint density at radius 3 is 2.34 bits per heavy atom. The van der Waals surface area contributed by atoms with Gasteiger partial charge in [-0.05, 0) is 73.2 Å². The van der Waals surface area contributed by atoms with Gasteiger partial charge >= 0.3 is 6.03 Å². The molecule has 0 radical (unpaired) electrons. The van der Waals surface area contributed by atoms with E-state index in [0.29, 0.717) is 57.1 Å². The number of benzene rings is 3. The molecular formula is C34H41N5O5. The van der Waals surface area contributed by atoms with E-state index in [1.807, 2.05) is 72.8 Å². The molecule has 0 bridgehead atoms. The van der Waals surface area contributed by atoms with Crippen molar-refractivity contribution in [1.29, 1.82) is 0 Å². The number of carbonyl (C=O) groups excluding carboxylic acids is 3. The maximum absolute atomic E-state index is 14.0. The highest BCUT2D eigenvalue weighted by atomic mass is 16.5. The lowest BCUT2D eigenvalue weighted by molar-refractivity contribution is -0.137. The summed E-state index contributed by atoms with van der Waals surface area (Å²) in [4.78, 5) is 45.7. The number of rotatable bonds is 10. The van der Waals surface area contributed by atoms with Crippen LogP contribution in [0.4, 0.5) is 16.2 Å². The average Bonchev–Trinajstić information content (AvgIpc) is 3.31. The van der Waals surface area contributed by atoms with Gasteiger partial charge < -0.3 is 34.8 Å². The quantitative estimate of drug-likeness (QED) is 0.360. The van der Waals surface area contributed by atoms with Gasteiger partial charge in [-0.3, -0.25) is 9.59 Å². The summed E-state index contributed by atoms with van der Waals surface area (Å²) in [5, 5.41) is 5.97. The normalized spacial score (nSPS) is 15.8. The Morgan fingerprint density at radius 2 is 1.64 bits per heavy atom. The molecule has 10 heteroatoms. The van der Waals surface area contributed by atoms with Crippen molar-refractivity contribution in [3.63, 3.8) is 0 Å². The molecule has 2 saturated heterocycles. The monoisotopic (exact) mass is 599 g/mol. The molecule has 2 fully saturated rings. The number of piperidine rings is 1. The van der Waals surface area contributed by atoms with Gasteiger partial charge in [0.1, 0.15) is 12.1 Å². The van der Waals surface area contributed by atoms with E-state index in [0.717, 1.165) is 28.9 Å². The van der Waals surface area contributed by atoms with Crippen molar-refractivity contribution in [2.75, 3.05) is 57.3 Å². The summed E-state index contributed by atoms with van der Waals surface area (Å²) in [6.45, 7) is 3.64. The first-order valence-corrected chi connectivity index (χ1v) is 15.1. The lowest BCUT2D eigenvalue weighted by Crippen LogP contribution is -2.58. The molecule has 2 aliphatic heterocycles. The van der Waals surface area contributed by atoms with Crippen LogP contribution in [-0.2, 0) is 22.4 Å². The highest BCUT2D eigenvalue weighted by Crippen LogP contribution is 2.39. The van der Waals surface area contributed by atoms with Gasteiger partial charge in [0, 0.05) is 31.0 Å². The van der Waals surface area contributed by atoms with Crippen molar-refractivity contribution in [1.82, 2.24) is 15.1 Å². The topological polar surface area (TPSA) is 103 Å². The number of methoxy groups -OCH3 is 2. The van der Waals surface area contributed by atoms with E-state index in [2.05, 4.69) is 22.5 Å². The zero-order valence-electron chi connectivity index (χ0n) is 25.7. The molecule has 5 rings (SSSR count). The number of carbonyl (C=O) groups is 3. The Kier molecular flexibility index (Phi) is 9.57. The number of hydrogen-bond donors (Lipinski definition) is 2. The first-order valence-electron chi connectivity index (χ1n) is 15.1. The third-order valence-electron chi connectivity index (χ3n) is 8.56. The largest absolute Gasteiger partial charge is 0.493 e. The number of nitrogens with one attached hydrogen (secondary N) is 2. The second-order valence-electron chi connectivity index (χ2n) is 11.2. The van der Waals surface area contributed by atoms with Crippen LogP contribution in [0.5, 0.6) is 11.5 Å². The molecule has 3 aromatic carbocycles.